The average Bonchev–Trinajstić information content (AvgIpc) is 2.11. The Morgan fingerprint density at radius 1 is 1.83 bits per heavy atom. The summed E-state index contributed by atoms with van der Waals surface area (Å²) >= 11 is 0. The summed E-state index contributed by atoms with van der Waals surface area (Å²) in [6.45, 7) is 2.83. The molecule has 0 aliphatic rings. The zero-order valence-electron chi connectivity index (χ0n) is 6.65. The monoisotopic (exact) mass is 194 g/mol. The van der Waals surface area contributed by atoms with Gasteiger partial charge in [-0.1, -0.05) is 6.58 Å². The van der Waals surface area contributed by atoms with Gasteiger partial charge in [-0.2, -0.15) is 0 Å². The SMILES string of the molecule is C=CC(=O)C(O)CO[PH](=O)OC. The highest BCUT2D eigenvalue weighted by molar-refractivity contribution is 7.33. The number of hydrogen-bond acceptors (Lipinski definition) is 5. The summed E-state index contributed by atoms with van der Waals surface area (Å²) < 4.78 is 19.3. The molecule has 0 saturated carbocycles. The molecule has 1 N–H and O–H groups in total. The number of aliphatic hydroxyl groups excluding tert-OH is 1. The normalized spacial score (nSPS) is 15.2. The Morgan fingerprint density at radius 3 is 2.83 bits per heavy atom. The molecule has 0 radical (unpaired) electrons. The lowest BCUT2D eigenvalue weighted by atomic mass is 10.2. The Morgan fingerprint density at radius 2 is 2.42 bits per heavy atom. The summed E-state index contributed by atoms with van der Waals surface area (Å²) in [5, 5.41) is 8.94. The van der Waals surface area contributed by atoms with Gasteiger partial charge in [-0.15, -0.1) is 0 Å². The largest absolute Gasteiger partial charge is 0.382 e. The molecule has 0 aromatic carbocycles. The van der Waals surface area contributed by atoms with Crippen LogP contribution in [0.25, 0.3) is 0 Å². The first kappa shape index (κ1) is 11.5. The molecule has 0 bridgehead atoms. The summed E-state index contributed by atoms with van der Waals surface area (Å²) in [5.41, 5.74) is 0. The molecular weight excluding hydrogens is 183 g/mol. The third-order valence-electron chi connectivity index (χ3n) is 1.06. The molecule has 0 amide bonds. The molecule has 0 aromatic heterocycles. The van der Waals surface area contributed by atoms with Crippen molar-refractivity contribution >= 4 is 14.0 Å². The van der Waals surface area contributed by atoms with E-state index in [1.807, 2.05) is 0 Å². The van der Waals surface area contributed by atoms with Crippen LogP contribution in [-0.2, 0) is 18.4 Å². The molecular formula is C6H11O5P. The smallest absolute Gasteiger partial charge is 0.318 e. The number of ketones is 1. The number of rotatable bonds is 6. The molecule has 2 atom stereocenters. The predicted octanol–water partition coefficient (Wildman–Crippen LogP) is 0.155. The molecule has 0 spiro atoms. The van der Waals surface area contributed by atoms with Gasteiger partial charge in [0.2, 0.25) is 0 Å². The van der Waals surface area contributed by atoms with Crippen LogP contribution in [0, 0.1) is 0 Å². The molecule has 0 aliphatic heterocycles. The van der Waals surface area contributed by atoms with Gasteiger partial charge in [-0.3, -0.25) is 9.36 Å². The van der Waals surface area contributed by atoms with Gasteiger partial charge in [0.05, 0.1) is 6.61 Å². The maximum absolute atomic E-state index is 10.6. The molecule has 2 unspecified atom stereocenters. The van der Waals surface area contributed by atoms with Crippen LogP contribution in [0.1, 0.15) is 0 Å². The minimum absolute atomic E-state index is 0.337. The summed E-state index contributed by atoms with van der Waals surface area (Å²) in [7, 11) is -1.35. The van der Waals surface area contributed by atoms with Crippen LogP contribution in [0.4, 0.5) is 0 Å². The second-order valence-electron chi connectivity index (χ2n) is 1.89. The van der Waals surface area contributed by atoms with Gasteiger partial charge >= 0.3 is 8.25 Å². The number of carbonyl (C=O) groups is 1. The number of hydrogen-bond donors (Lipinski definition) is 1. The quantitative estimate of drug-likeness (QED) is 0.481. The van der Waals surface area contributed by atoms with Crippen molar-refractivity contribution in [3.63, 3.8) is 0 Å². The zero-order valence-corrected chi connectivity index (χ0v) is 7.65. The molecule has 12 heavy (non-hydrogen) atoms. The lowest BCUT2D eigenvalue weighted by Crippen LogP contribution is -2.22. The second kappa shape index (κ2) is 6.08. The van der Waals surface area contributed by atoms with E-state index >= 15 is 0 Å². The van der Waals surface area contributed by atoms with Crippen LogP contribution in [0.5, 0.6) is 0 Å². The lowest BCUT2D eigenvalue weighted by molar-refractivity contribution is -0.123. The van der Waals surface area contributed by atoms with Gasteiger partial charge in [-0.05, 0) is 6.08 Å². The van der Waals surface area contributed by atoms with Crippen molar-refractivity contribution in [1.82, 2.24) is 0 Å². The van der Waals surface area contributed by atoms with E-state index < -0.39 is 20.1 Å². The third-order valence-corrected chi connectivity index (χ3v) is 1.79. The maximum Gasteiger partial charge on any atom is 0.318 e. The topological polar surface area (TPSA) is 72.8 Å². The van der Waals surface area contributed by atoms with Crippen molar-refractivity contribution in [3.8, 4) is 0 Å². The van der Waals surface area contributed by atoms with Crippen LogP contribution < -0.4 is 0 Å². The first-order valence-electron chi connectivity index (χ1n) is 3.17. The van der Waals surface area contributed by atoms with Crippen molar-refractivity contribution in [2.24, 2.45) is 0 Å². The lowest BCUT2D eigenvalue weighted by Gasteiger charge is -2.06. The second-order valence-corrected chi connectivity index (χ2v) is 3.08. The van der Waals surface area contributed by atoms with Gasteiger partial charge in [0, 0.05) is 7.11 Å². The van der Waals surface area contributed by atoms with E-state index in [1.165, 1.54) is 7.11 Å². The van der Waals surface area contributed by atoms with E-state index in [-0.39, 0.29) is 6.61 Å². The Bertz CT molecular complexity index is 190. The van der Waals surface area contributed by atoms with E-state index in [4.69, 9.17) is 5.11 Å². The molecule has 0 aliphatic carbocycles. The fraction of sp³-hybridized carbons (Fsp3) is 0.500. The summed E-state index contributed by atoms with van der Waals surface area (Å²) in [5.74, 6) is -0.569. The van der Waals surface area contributed by atoms with Crippen molar-refractivity contribution in [2.75, 3.05) is 13.7 Å². The van der Waals surface area contributed by atoms with E-state index in [9.17, 15) is 9.36 Å². The minimum atomic E-state index is -2.56. The van der Waals surface area contributed by atoms with Crippen LogP contribution in [0.15, 0.2) is 12.7 Å². The Balaban J connectivity index is 3.70. The van der Waals surface area contributed by atoms with Gasteiger partial charge in [0.15, 0.2) is 5.78 Å². The predicted molar refractivity (Wildman–Crippen MR) is 43.2 cm³/mol. The highest BCUT2D eigenvalue weighted by Gasteiger charge is 2.12. The summed E-state index contributed by atoms with van der Waals surface area (Å²) in [6, 6.07) is 0. The zero-order chi connectivity index (χ0) is 9.56. The van der Waals surface area contributed by atoms with E-state index in [1.54, 1.807) is 0 Å². The van der Waals surface area contributed by atoms with Crippen LogP contribution in [0.2, 0.25) is 0 Å². The molecule has 0 aromatic rings. The van der Waals surface area contributed by atoms with Gasteiger partial charge in [0.25, 0.3) is 0 Å². The Kier molecular flexibility index (Phi) is 5.84. The highest BCUT2D eigenvalue weighted by Crippen LogP contribution is 2.21. The van der Waals surface area contributed by atoms with Crippen molar-refractivity contribution in [3.05, 3.63) is 12.7 Å². The van der Waals surface area contributed by atoms with E-state index in [2.05, 4.69) is 15.6 Å². The third kappa shape index (κ3) is 4.41. The molecule has 0 rings (SSSR count). The van der Waals surface area contributed by atoms with Gasteiger partial charge in [-0.25, -0.2) is 0 Å². The highest BCUT2D eigenvalue weighted by atomic mass is 31.1. The first-order valence-corrected chi connectivity index (χ1v) is 4.39. The standard InChI is InChI=1S/C6H11O5P/c1-3-5(7)6(8)4-11-12(9)10-2/h3,6,8,12H,1,4H2,2H3. The molecule has 0 fully saturated rings. The number of carbonyl (C=O) groups excluding carboxylic acids is 1. The maximum atomic E-state index is 10.6. The van der Waals surface area contributed by atoms with Gasteiger partial charge < -0.3 is 14.2 Å². The fourth-order valence-electron chi connectivity index (χ4n) is 0.424. The summed E-state index contributed by atoms with van der Waals surface area (Å²) in [4.78, 5) is 10.6. The van der Waals surface area contributed by atoms with Gasteiger partial charge in [0.1, 0.15) is 6.10 Å². The average molecular weight is 194 g/mol. The van der Waals surface area contributed by atoms with E-state index in [0.717, 1.165) is 6.08 Å². The van der Waals surface area contributed by atoms with Crippen LogP contribution in [0.3, 0.4) is 0 Å². The first-order chi connectivity index (χ1) is 5.61. The van der Waals surface area contributed by atoms with Crippen molar-refractivity contribution in [2.45, 2.75) is 6.10 Å². The van der Waals surface area contributed by atoms with Crippen molar-refractivity contribution < 1.29 is 23.5 Å². The molecule has 70 valence electrons. The summed E-state index contributed by atoms with van der Waals surface area (Å²) in [6.07, 6.45) is -0.343. The van der Waals surface area contributed by atoms with Crippen LogP contribution >= 0.6 is 8.25 Å². The van der Waals surface area contributed by atoms with Crippen molar-refractivity contribution in [1.29, 1.82) is 0 Å². The Labute approximate surface area is 70.9 Å². The molecule has 0 heterocycles. The fourth-order valence-corrected chi connectivity index (χ4v) is 0.836. The molecule has 5 nitrogen and oxygen atoms in total. The Hall–Kier alpha value is -0.480. The molecule has 0 saturated heterocycles. The van der Waals surface area contributed by atoms with E-state index in [0.29, 0.717) is 0 Å². The molecule has 6 heteroatoms. The van der Waals surface area contributed by atoms with Crippen LogP contribution in [-0.4, -0.2) is 30.7 Å². The minimum Gasteiger partial charge on any atom is -0.382 e. The number of aliphatic hydroxyl groups is 1.